The third-order valence-electron chi connectivity index (χ3n) is 0.653. The van der Waals surface area contributed by atoms with E-state index in [1.165, 1.54) is 0 Å². The van der Waals surface area contributed by atoms with Crippen molar-refractivity contribution in [2.75, 3.05) is 0 Å². The summed E-state index contributed by atoms with van der Waals surface area (Å²) in [6.07, 6.45) is 0. The summed E-state index contributed by atoms with van der Waals surface area (Å²) < 4.78 is 1.02. The van der Waals surface area contributed by atoms with Crippen LogP contribution in [0.25, 0.3) is 0 Å². The molecule has 0 unspecified atom stereocenters. The SMILES string of the molecule is NC(=O)c1nnnn1Br. The molecule has 0 saturated carbocycles. The Morgan fingerprint density at radius 3 is 2.67 bits per heavy atom. The number of primary amides is 1. The van der Waals surface area contributed by atoms with E-state index in [0.29, 0.717) is 0 Å². The topological polar surface area (TPSA) is 86.7 Å². The molecule has 2 N–H and O–H groups in total. The Kier molecular flexibility index (Phi) is 1.43. The first kappa shape index (κ1) is 6.14. The van der Waals surface area contributed by atoms with Gasteiger partial charge in [0.15, 0.2) is 0 Å². The zero-order valence-electron chi connectivity index (χ0n) is 4.15. The Morgan fingerprint density at radius 1 is 1.78 bits per heavy atom. The Hall–Kier alpha value is -0.980. The molecule has 0 aliphatic carbocycles. The van der Waals surface area contributed by atoms with E-state index in [4.69, 9.17) is 5.73 Å². The first-order chi connectivity index (χ1) is 4.22. The monoisotopic (exact) mass is 191 g/mol. The van der Waals surface area contributed by atoms with Crippen molar-refractivity contribution in [1.29, 1.82) is 0 Å². The zero-order chi connectivity index (χ0) is 6.85. The van der Waals surface area contributed by atoms with Gasteiger partial charge in [0.2, 0.25) is 0 Å². The van der Waals surface area contributed by atoms with Gasteiger partial charge in [-0.1, -0.05) is 0 Å². The van der Waals surface area contributed by atoms with Crippen LogP contribution in [0.5, 0.6) is 0 Å². The highest BCUT2D eigenvalue weighted by atomic mass is 79.9. The third-order valence-corrected chi connectivity index (χ3v) is 1.13. The molecule has 6 nitrogen and oxygen atoms in total. The van der Waals surface area contributed by atoms with Gasteiger partial charge in [-0.3, -0.25) is 4.79 Å². The number of hydrogen-bond donors (Lipinski definition) is 1. The van der Waals surface area contributed by atoms with E-state index in [-0.39, 0.29) is 5.82 Å². The third kappa shape index (κ3) is 1.04. The van der Waals surface area contributed by atoms with Crippen molar-refractivity contribution >= 4 is 22.1 Å². The number of amides is 1. The molecule has 1 amide bonds. The highest BCUT2D eigenvalue weighted by Gasteiger charge is 2.07. The summed E-state index contributed by atoms with van der Waals surface area (Å²) in [7, 11) is 0. The number of halogens is 1. The fraction of sp³-hybridized carbons (Fsp3) is 0. The van der Waals surface area contributed by atoms with Crippen LogP contribution in [0.15, 0.2) is 0 Å². The average molecular weight is 192 g/mol. The van der Waals surface area contributed by atoms with Gasteiger partial charge in [-0.05, 0) is 10.4 Å². The van der Waals surface area contributed by atoms with Crippen LogP contribution in [0.2, 0.25) is 0 Å². The smallest absolute Gasteiger partial charge is 0.289 e. The van der Waals surface area contributed by atoms with Crippen molar-refractivity contribution < 1.29 is 4.79 Å². The molecule has 1 rings (SSSR count). The molecule has 0 aliphatic rings. The molecule has 9 heavy (non-hydrogen) atoms. The molecule has 0 atom stereocenters. The lowest BCUT2D eigenvalue weighted by atomic mass is 10.6. The van der Waals surface area contributed by atoms with E-state index in [2.05, 4.69) is 31.7 Å². The van der Waals surface area contributed by atoms with Gasteiger partial charge in [0.05, 0.1) is 16.1 Å². The van der Waals surface area contributed by atoms with Gasteiger partial charge in [0.1, 0.15) is 0 Å². The van der Waals surface area contributed by atoms with Crippen molar-refractivity contribution in [3.63, 3.8) is 0 Å². The standard InChI is InChI=1S/C2H2BrN5O/c3-8-2(1(4)9)5-6-7-8/h(H2,4,9). The summed E-state index contributed by atoms with van der Waals surface area (Å²) in [5.41, 5.74) is 4.83. The van der Waals surface area contributed by atoms with E-state index < -0.39 is 5.91 Å². The lowest BCUT2D eigenvalue weighted by Crippen LogP contribution is -2.15. The second-order valence-corrected chi connectivity index (χ2v) is 1.90. The highest BCUT2D eigenvalue weighted by Crippen LogP contribution is 1.92. The van der Waals surface area contributed by atoms with E-state index in [1.54, 1.807) is 0 Å². The van der Waals surface area contributed by atoms with Crippen LogP contribution in [0.4, 0.5) is 0 Å². The number of aromatic nitrogens is 4. The van der Waals surface area contributed by atoms with Crippen molar-refractivity contribution in [3.8, 4) is 0 Å². The highest BCUT2D eigenvalue weighted by molar-refractivity contribution is 9.08. The summed E-state index contributed by atoms with van der Waals surface area (Å²) in [4.78, 5) is 10.3. The zero-order valence-corrected chi connectivity index (χ0v) is 5.74. The van der Waals surface area contributed by atoms with Gasteiger partial charge < -0.3 is 5.73 Å². The van der Waals surface area contributed by atoms with Gasteiger partial charge in [0.25, 0.3) is 11.7 Å². The number of carbonyl (C=O) groups excluding carboxylic acids is 1. The number of carbonyl (C=O) groups is 1. The maximum absolute atomic E-state index is 10.3. The van der Waals surface area contributed by atoms with Crippen LogP contribution in [-0.4, -0.2) is 25.1 Å². The van der Waals surface area contributed by atoms with Crippen molar-refractivity contribution in [2.24, 2.45) is 5.73 Å². The Balaban J connectivity index is 3.08. The Labute approximate surface area is 58.4 Å². The van der Waals surface area contributed by atoms with E-state index in [1.807, 2.05) is 0 Å². The van der Waals surface area contributed by atoms with Crippen molar-refractivity contribution in [3.05, 3.63) is 5.82 Å². The normalized spacial score (nSPS) is 9.44. The fourth-order valence-corrected chi connectivity index (χ4v) is 0.626. The molecule has 0 spiro atoms. The van der Waals surface area contributed by atoms with Gasteiger partial charge in [-0.15, -0.1) is 5.10 Å². The van der Waals surface area contributed by atoms with Gasteiger partial charge >= 0.3 is 0 Å². The largest absolute Gasteiger partial charge is 0.363 e. The second-order valence-electron chi connectivity index (χ2n) is 1.23. The molecule has 48 valence electrons. The quantitative estimate of drug-likeness (QED) is 0.613. The summed E-state index contributed by atoms with van der Waals surface area (Å²) in [6.45, 7) is 0. The first-order valence-electron chi connectivity index (χ1n) is 1.96. The van der Waals surface area contributed by atoms with Crippen LogP contribution in [0, 0.1) is 0 Å². The molecule has 0 aromatic carbocycles. The molecule has 0 saturated heterocycles. The molecule has 1 aromatic heterocycles. The summed E-state index contributed by atoms with van der Waals surface area (Å²) in [5, 5.41) is 9.76. The van der Waals surface area contributed by atoms with Crippen LogP contribution >= 0.6 is 16.1 Å². The molecular weight excluding hydrogens is 190 g/mol. The van der Waals surface area contributed by atoms with Gasteiger partial charge in [0, 0.05) is 0 Å². The molecule has 0 aliphatic heterocycles. The van der Waals surface area contributed by atoms with Crippen LogP contribution in [0.1, 0.15) is 10.6 Å². The van der Waals surface area contributed by atoms with E-state index >= 15 is 0 Å². The first-order valence-corrected chi connectivity index (χ1v) is 2.67. The van der Waals surface area contributed by atoms with Crippen LogP contribution < -0.4 is 5.73 Å². The maximum Gasteiger partial charge on any atom is 0.289 e. The molecule has 0 radical (unpaired) electrons. The van der Waals surface area contributed by atoms with Gasteiger partial charge in [-0.25, -0.2) is 0 Å². The van der Waals surface area contributed by atoms with Crippen molar-refractivity contribution in [2.45, 2.75) is 0 Å². The van der Waals surface area contributed by atoms with E-state index in [0.717, 1.165) is 3.71 Å². The van der Waals surface area contributed by atoms with Crippen LogP contribution in [-0.2, 0) is 0 Å². The average Bonchev–Trinajstić information content (AvgIpc) is 2.13. The van der Waals surface area contributed by atoms with Crippen LogP contribution in [0.3, 0.4) is 0 Å². The number of nitrogens with zero attached hydrogens (tertiary/aromatic N) is 4. The molecule has 0 bridgehead atoms. The molecule has 0 fully saturated rings. The Bertz CT molecular complexity index is 231. The molecule has 1 heterocycles. The maximum atomic E-state index is 10.3. The minimum atomic E-state index is -0.670. The molecule has 7 heteroatoms. The number of rotatable bonds is 1. The predicted octanol–water partition coefficient (Wildman–Crippen LogP) is -1.07. The lowest BCUT2D eigenvalue weighted by Gasteiger charge is -1.84. The predicted molar refractivity (Wildman–Crippen MR) is 30.7 cm³/mol. The van der Waals surface area contributed by atoms with Gasteiger partial charge in [-0.2, -0.15) is 3.71 Å². The summed E-state index contributed by atoms with van der Waals surface area (Å²) >= 11 is 2.85. The number of nitrogens with two attached hydrogens (primary N) is 1. The number of hydrogen-bond acceptors (Lipinski definition) is 4. The molecule has 1 aromatic rings. The minimum absolute atomic E-state index is 0.0185. The summed E-state index contributed by atoms with van der Waals surface area (Å²) in [5.74, 6) is -0.688. The number of tetrazole rings is 1. The molecular formula is C2H2BrN5O. The lowest BCUT2D eigenvalue weighted by molar-refractivity contribution is 0.0989. The Morgan fingerprint density at radius 2 is 2.44 bits per heavy atom. The summed E-state index contributed by atoms with van der Waals surface area (Å²) in [6, 6.07) is 0. The van der Waals surface area contributed by atoms with E-state index in [9.17, 15) is 4.79 Å². The second kappa shape index (κ2) is 2.09. The fourth-order valence-electron chi connectivity index (χ4n) is 0.317. The van der Waals surface area contributed by atoms with Crippen molar-refractivity contribution in [1.82, 2.24) is 19.2 Å². The minimum Gasteiger partial charge on any atom is -0.363 e.